The van der Waals surface area contributed by atoms with Crippen molar-refractivity contribution in [1.29, 1.82) is 0 Å². The molecule has 0 radical (unpaired) electrons. The van der Waals surface area contributed by atoms with E-state index in [9.17, 15) is 19.5 Å². The van der Waals surface area contributed by atoms with Gasteiger partial charge in [-0.2, -0.15) is 0 Å². The number of carbonyl (C=O) groups excluding carboxylic acids is 2. The summed E-state index contributed by atoms with van der Waals surface area (Å²) in [5.74, 6) is -2.02. The van der Waals surface area contributed by atoms with Gasteiger partial charge in [0.05, 0.1) is 0 Å². The zero-order valence-electron chi connectivity index (χ0n) is 18.9. The van der Waals surface area contributed by atoms with Crippen LogP contribution < -0.4 is 10.6 Å². The van der Waals surface area contributed by atoms with Crippen molar-refractivity contribution in [3.05, 3.63) is 95.6 Å². The van der Waals surface area contributed by atoms with Crippen LogP contribution in [0, 0.1) is 0 Å². The molecule has 0 spiro atoms. The summed E-state index contributed by atoms with van der Waals surface area (Å²) in [5, 5.41) is 23.4. The van der Waals surface area contributed by atoms with E-state index in [1.165, 1.54) is 0 Å². The minimum atomic E-state index is -1.58. The van der Waals surface area contributed by atoms with E-state index in [1.54, 1.807) is 30.3 Å². The number of carboxylic acids is 1. The summed E-state index contributed by atoms with van der Waals surface area (Å²) >= 11 is 0. The number of aliphatic carboxylic acids is 1. The third kappa shape index (κ3) is 5.50. The van der Waals surface area contributed by atoms with Crippen LogP contribution in [0.15, 0.2) is 78.9 Å². The van der Waals surface area contributed by atoms with E-state index in [4.69, 9.17) is 9.84 Å². The van der Waals surface area contributed by atoms with E-state index in [1.807, 2.05) is 48.5 Å². The lowest BCUT2D eigenvalue weighted by Gasteiger charge is -2.20. The summed E-state index contributed by atoms with van der Waals surface area (Å²) < 4.78 is 5.57. The van der Waals surface area contributed by atoms with Gasteiger partial charge < -0.3 is 25.6 Å². The maximum Gasteiger partial charge on any atom is 0.408 e. The van der Waals surface area contributed by atoms with Crippen LogP contribution in [-0.4, -0.2) is 47.4 Å². The lowest BCUT2D eigenvalue weighted by Crippen LogP contribution is -2.42. The molecule has 1 aliphatic rings. The van der Waals surface area contributed by atoms with Gasteiger partial charge in [-0.15, -0.1) is 0 Å². The number of nitrogens with one attached hydrogen (secondary N) is 2. The van der Waals surface area contributed by atoms with Crippen molar-refractivity contribution < 1.29 is 29.3 Å². The monoisotopic (exact) mass is 474 g/mol. The van der Waals surface area contributed by atoms with Gasteiger partial charge in [-0.05, 0) is 27.8 Å². The molecule has 0 saturated heterocycles. The van der Waals surface area contributed by atoms with Crippen LogP contribution in [0.2, 0.25) is 0 Å². The Labute approximate surface area is 202 Å². The van der Waals surface area contributed by atoms with E-state index in [0.29, 0.717) is 5.56 Å². The van der Waals surface area contributed by atoms with Gasteiger partial charge in [0.1, 0.15) is 12.6 Å². The largest absolute Gasteiger partial charge is 0.479 e. The second-order valence-corrected chi connectivity index (χ2v) is 8.25. The standard InChI is InChI=1S/C27H26N2O6/c30-23(26(32)33)14-15-28-25(31)24(17-8-2-1-3-9-17)29-27(34)35-16-22-20-12-6-4-10-18(20)19-11-5-7-13-21(19)22/h1-13,22-24,30H,14-16H2,(H,28,31)(H,29,34)(H,32,33). The number of aliphatic hydroxyl groups excluding tert-OH is 1. The van der Waals surface area contributed by atoms with Crippen molar-refractivity contribution in [2.24, 2.45) is 0 Å². The summed E-state index contributed by atoms with van der Waals surface area (Å²) in [4.78, 5) is 36.3. The number of amides is 2. The first-order chi connectivity index (χ1) is 17.0. The number of hydrogen-bond acceptors (Lipinski definition) is 5. The molecule has 0 aromatic heterocycles. The Hall–Kier alpha value is -4.17. The summed E-state index contributed by atoms with van der Waals surface area (Å²) in [6.07, 6.45) is -2.49. The third-order valence-electron chi connectivity index (χ3n) is 6.00. The molecule has 2 atom stereocenters. The summed E-state index contributed by atoms with van der Waals surface area (Å²) in [6, 6.07) is 23.6. The Bertz CT molecular complexity index is 1170. The van der Waals surface area contributed by atoms with Gasteiger partial charge in [-0.1, -0.05) is 78.9 Å². The fourth-order valence-electron chi connectivity index (χ4n) is 4.26. The minimum Gasteiger partial charge on any atom is -0.479 e. The average Bonchev–Trinajstić information content (AvgIpc) is 3.20. The van der Waals surface area contributed by atoms with Crippen LogP contribution in [-0.2, 0) is 14.3 Å². The Morgan fingerprint density at radius 3 is 2.03 bits per heavy atom. The van der Waals surface area contributed by atoms with Crippen LogP contribution in [0.3, 0.4) is 0 Å². The molecule has 0 bridgehead atoms. The molecule has 4 N–H and O–H groups in total. The molecule has 35 heavy (non-hydrogen) atoms. The number of fused-ring (bicyclic) bond motifs is 3. The number of aliphatic hydroxyl groups is 1. The summed E-state index contributed by atoms with van der Waals surface area (Å²) in [6.45, 7) is 0.0375. The number of ether oxygens (including phenoxy) is 1. The predicted molar refractivity (Wildman–Crippen MR) is 129 cm³/mol. The van der Waals surface area contributed by atoms with Crippen molar-refractivity contribution in [3.8, 4) is 11.1 Å². The highest BCUT2D eigenvalue weighted by Gasteiger charge is 2.30. The lowest BCUT2D eigenvalue weighted by atomic mass is 9.98. The predicted octanol–water partition coefficient (Wildman–Crippen LogP) is 3.22. The van der Waals surface area contributed by atoms with Crippen LogP contribution in [0.1, 0.15) is 35.1 Å². The highest BCUT2D eigenvalue weighted by atomic mass is 16.5. The molecule has 8 heteroatoms. The van der Waals surface area contributed by atoms with Crippen LogP contribution in [0.25, 0.3) is 11.1 Å². The van der Waals surface area contributed by atoms with E-state index >= 15 is 0 Å². The summed E-state index contributed by atoms with van der Waals surface area (Å²) in [5.41, 5.74) is 4.92. The molecule has 8 nitrogen and oxygen atoms in total. The highest BCUT2D eigenvalue weighted by Crippen LogP contribution is 2.44. The van der Waals surface area contributed by atoms with Crippen molar-refractivity contribution in [2.75, 3.05) is 13.2 Å². The Morgan fingerprint density at radius 2 is 1.43 bits per heavy atom. The average molecular weight is 475 g/mol. The van der Waals surface area contributed by atoms with Crippen molar-refractivity contribution in [3.63, 3.8) is 0 Å². The molecule has 180 valence electrons. The van der Waals surface area contributed by atoms with E-state index in [0.717, 1.165) is 22.3 Å². The number of carbonyl (C=O) groups is 3. The molecule has 1 aliphatic carbocycles. The van der Waals surface area contributed by atoms with Gasteiger partial charge in [0.25, 0.3) is 0 Å². The number of hydrogen-bond donors (Lipinski definition) is 4. The van der Waals surface area contributed by atoms with E-state index in [2.05, 4.69) is 10.6 Å². The van der Waals surface area contributed by atoms with Crippen LogP contribution in [0.4, 0.5) is 4.79 Å². The third-order valence-corrected chi connectivity index (χ3v) is 6.00. The van der Waals surface area contributed by atoms with Gasteiger partial charge in [-0.25, -0.2) is 9.59 Å². The lowest BCUT2D eigenvalue weighted by molar-refractivity contribution is -0.147. The minimum absolute atomic E-state index is 0.0675. The molecular weight excluding hydrogens is 448 g/mol. The highest BCUT2D eigenvalue weighted by molar-refractivity contribution is 5.87. The fraction of sp³-hybridized carbons (Fsp3) is 0.222. The van der Waals surface area contributed by atoms with E-state index in [-0.39, 0.29) is 25.5 Å². The molecule has 2 amide bonds. The van der Waals surface area contributed by atoms with Gasteiger partial charge in [0, 0.05) is 18.9 Å². The first-order valence-electron chi connectivity index (χ1n) is 11.3. The zero-order valence-corrected chi connectivity index (χ0v) is 18.9. The topological polar surface area (TPSA) is 125 Å². The number of benzene rings is 3. The van der Waals surface area contributed by atoms with Crippen molar-refractivity contribution in [1.82, 2.24) is 10.6 Å². The Morgan fingerprint density at radius 1 is 0.857 bits per heavy atom. The smallest absolute Gasteiger partial charge is 0.408 e. The normalized spacial score (nSPS) is 13.7. The molecular formula is C27H26N2O6. The SMILES string of the molecule is O=C(NC(C(=O)NCCC(O)C(=O)O)c1ccccc1)OCC1c2ccccc2-c2ccccc21. The molecule has 0 heterocycles. The molecule has 0 fully saturated rings. The maximum atomic E-state index is 12.8. The Balaban J connectivity index is 1.42. The second-order valence-electron chi connectivity index (χ2n) is 8.25. The molecule has 3 aromatic rings. The Kier molecular flexibility index (Phi) is 7.42. The zero-order chi connectivity index (χ0) is 24.8. The molecule has 0 aliphatic heterocycles. The number of alkyl carbamates (subject to hydrolysis) is 1. The molecule has 0 saturated carbocycles. The van der Waals surface area contributed by atoms with Crippen molar-refractivity contribution in [2.45, 2.75) is 24.5 Å². The number of carboxylic acid groups (broad SMARTS) is 1. The summed E-state index contributed by atoms with van der Waals surface area (Å²) in [7, 11) is 0. The van der Waals surface area contributed by atoms with Crippen molar-refractivity contribution >= 4 is 18.0 Å². The first kappa shape index (κ1) is 24.0. The van der Waals surface area contributed by atoms with Gasteiger partial charge in [-0.3, -0.25) is 4.79 Å². The molecule has 2 unspecified atom stereocenters. The number of rotatable bonds is 9. The quantitative estimate of drug-likeness (QED) is 0.377. The molecule has 3 aromatic carbocycles. The fourth-order valence-corrected chi connectivity index (χ4v) is 4.26. The van der Waals surface area contributed by atoms with E-state index < -0.39 is 30.1 Å². The van der Waals surface area contributed by atoms with Gasteiger partial charge >= 0.3 is 12.1 Å². The second kappa shape index (κ2) is 10.8. The van der Waals surface area contributed by atoms with Gasteiger partial charge in [0.15, 0.2) is 6.10 Å². The van der Waals surface area contributed by atoms with Crippen LogP contribution >= 0.6 is 0 Å². The maximum absolute atomic E-state index is 12.8. The van der Waals surface area contributed by atoms with Gasteiger partial charge in [0.2, 0.25) is 5.91 Å². The molecule has 4 rings (SSSR count). The van der Waals surface area contributed by atoms with Crippen LogP contribution in [0.5, 0.6) is 0 Å². The first-order valence-corrected chi connectivity index (χ1v) is 11.3.